The van der Waals surface area contributed by atoms with Gasteiger partial charge in [0.25, 0.3) is 11.8 Å². The zero-order valence-electron chi connectivity index (χ0n) is 14.6. The molecule has 1 atom stereocenters. The van der Waals surface area contributed by atoms with Crippen molar-refractivity contribution in [2.45, 2.75) is 56.3 Å². The van der Waals surface area contributed by atoms with Crippen molar-refractivity contribution >= 4 is 27.5 Å². The monoisotopic (exact) mass is 380 g/mol. The van der Waals surface area contributed by atoms with Crippen LogP contribution in [0.2, 0.25) is 0 Å². The molecule has 2 fully saturated rings. The van der Waals surface area contributed by atoms with Crippen LogP contribution in [-0.4, -0.2) is 38.2 Å². The highest BCUT2D eigenvalue weighted by molar-refractivity contribution is 7.90. The van der Waals surface area contributed by atoms with Gasteiger partial charge in [-0.25, -0.2) is 13.1 Å². The van der Waals surface area contributed by atoms with Crippen LogP contribution >= 0.6 is 0 Å². The summed E-state index contributed by atoms with van der Waals surface area (Å²) in [6, 6.07) is 6.25. The van der Waals surface area contributed by atoms with Crippen LogP contribution < -0.4 is 10.0 Å². The Bertz CT molecular complexity index is 766. The summed E-state index contributed by atoms with van der Waals surface area (Å²) in [6.07, 6.45) is 4.98. The van der Waals surface area contributed by atoms with E-state index in [9.17, 15) is 18.0 Å². The minimum Gasteiger partial charge on any atom is -0.368 e. The van der Waals surface area contributed by atoms with Crippen molar-refractivity contribution in [1.82, 2.24) is 4.72 Å². The Kier molecular flexibility index (Phi) is 5.93. The Morgan fingerprint density at radius 2 is 1.81 bits per heavy atom. The van der Waals surface area contributed by atoms with Gasteiger partial charge in [-0.1, -0.05) is 25.3 Å². The first-order chi connectivity index (χ1) is 12.5. The van der Waals surface area contributed by atoms with Gasteiger partial charge in [0.05, 0.1) is 5.25 Å². The minimum absolute atomic E-state index is 0.189. The third-order valence-corrected chi connectivity index (χ3v) is 6.66. The molecule has 1 heterocycles. The number of nitrogens with one attached hydrogen (secondary N) is 2. The van der Waals surface area contributed by atoms with Crippen LogP contribution in [0.5, 0.6) is 0 Å². The molecular weight excluding hydrogens is 356 g/mol. The predicted molar refractivity (Wildman–Crippen MR) is 97.3 cm³/mol. The number of amides is 2. The van der Waals surface area contributed by atoms with Crippen LogP contribution in [0.25, 0.3) is 0 Å². The van der Waals surface area contributed by atoms with E-state index >= 15 is 0 Å². The van der Waals surface area contributed by atoms with Gasteiger partial charge < -0.3 is 10.1 Å². The summed E-state index contributed by atoms with van der Waals surface area (Å²) in [5.41, 5.74) is 0.628. The van der Waals surface area contributed by atoms with Gasteiger partial charge in [-0.3, -0.25) is 9.59 Å². The van der Waals surface area contributed by atoms with Gasteiger partial charge in [0, 0.05) is 17.9 Å². The fourth-order valence-corrected chi connectivity index (χ4v) is 4.89. The van der Waals surface area contributed by atoms with Crippen LogP contribution in [0.15, 0.2) is 24.3 Å². The Morgan fingerprint density at radius 3 is 2.50 bits per heavy atom. The van der Waals surface area contributed by atoms with Gasteiger partial charge in [-0.05, 0) is 43.9 Å². The van der Waals surface area contributed by atoms with Crippen molar-refractivity contribution in [3.8, 4) is 0 Å². The Balaban J connectivity index is 1.65. The molecule has 7 nitrogen and oxygen atoms in total. The molecule has 142 valence electrons. The van der Waals surface area contributed by atoms with Crippen LogP contribution in [-0.2, 0) is 19.6 Å². The summed E-state index contributed by atoms with van der Waals surface area (Å²) in [6.45, 7) is 0.569. The van der Waals surface area contributed by atoms with Crippen molar-refractivity contribution in [1.29, 1.82) is 0 Å². The van der Waals surface area contributed by atoms with E-state index < -0.39 is 27.3 Å². The van der Waals surface area contributed by atoms with Crippen molar-refractivity contribution < 1.29 is 22.7 Å². The fraction of sp³-hybridized carbons (Fsp3) is 0.556. The number of benzene rings is 1. The quantitative estimate of drug-likeness (QED) is 0.815. The number of hydrogen-bond donors (Lipinski definition) is 2. The average Bonchev–Trinajstić information content (AvgIpc) is 3.17. The summed E-state index contributed by atoms with van der Waals surface area (Å²) in [5, 5.41) is 2.20. The Morgan fingerprint density at radius 1 is 1.04 bits per heavy atom. The number of rotatable bonds is 5. The first-order valence-electron chi connectivity index (χ1n) is 9.04. The molecule has 2 aliphatic rings. The molecule has 0 bridgehead atoms. The lowest BCUT2D eigenvalue weighted by Crippen LogP contribution is -2.39. The van der Waals surface area contributed by atoms with E-state index in [1.54, 1.807) is 12.1 Å². The van der Waals surface area contributed by atoms with Crippen molar-refractivity contribution in [3.05, 3.63) is 29.8 Å². The van der Waals surface area contributed by atoms with E-state index in [1.807, 2.05) is 0 Å². The van der Waals surface area contributed by atoms with Gasteiger partial charge in [0.15, 0.2) is 0 Å². The summed E-state index contributed by atoms with van der Waals surface area (Å²) < 4.78 is 32.3. The molecule has 0 spiro atoms. The van der Waals surface area contributed by atoms with Crippen molar-refractivity contribution in [2.75, 3.05) is 11.9 Å². The first-order valence-corrected chi connectivity index (χ1v) is 10.6. The normalized spacial score (nSPS) is 21.3. The second-order valence-corrected chi connectivity index (χ2v) is 8.77. The summed E-state index contributed by atoms with van der Waals surface area (Å²) in [7, 11) is -3.69. The van der Waals surface area contributed by atoms with Gasteiger partial charge in [0.2, 0.25) is 10.0 Å². The largest absolute Gasteiger partial charge is 0.368 e. The van der Waals surface area contributed by atoms with Crippen LogP contribution in [0.3, 0.4) is 0 Å². The molecule has 1 aromatic rings. The maximum Gasteiger partial charge on any atom is 0.264 e. The molecule has 26 heavy (non-hydrogen) atoms. The molecular formula is C18H24N2O5S. The van der Waals surface area contributed by atoms with Crippen LogP contribution in [0, 0.1) is 0 Å². The topological polar surface area (TPSA) is 102 Å². The number of carbonyl (C=O) groups is 2. The van der Waals surface area contributed by atoms with E-state index in [2.05, 4.69) is 10.0 Å². The minimum atomic E-state index is -3.69. The van der Waals surface area contributed by atoms with E-state index in [-0.39, 0.29) is 11.5 Å². The molecule has 3 rings (SSSR count). The Labute approximate surface area is 153 Å². The molecule has 0 radical (unpaired) electrons. The molecule has 0 unspecified atom stereocenters. The predicted octanol–water partition coefficient (Wildman–Crippen LogP) is 2.20. The number of sulfonamides is 1. The zero-order valence-corrected chi connectivity index (χ0v) is 15.4. The summed E-state index contributed by atoms with van der Waals surface area (Å²) in [4.78, 5) is 24.5. The van der Waals surface area contributed by atoms with Crippen molar-refractivity contribution in [2.24, 2.45) is 0 Å². The molecule has 8 heteroatoms. The number of hydrogen-bond acceptors (Lipinski definition) is 5. The lowest BCUT2D eigenvalue weighted by Gasteiger charge is -2.21. The van der Waals surface area contributed by atoms with Gasteiger partial charge in [-0.2, -0.15) is 0 Å². The van der Waals surface area contributed by atoms with Gasteiger partial charge in [-0.15, -0.1) is 0 Å². The number of carbonyl (C=O) groups excluding carboxylic acids is 2. The maximum absolute atomic E-state index is 12.4. The van der Waals surface area contributed by atoms with Crippen LogP contribution in [0.4, 0.5) is 5.69 Å². The number of ether oxygens (including phenoxy) is 1. The van der Waals surface area contributed by atoms with E-state index in [0.717, 1.165) is 25.7 Å². The van der Waals surface area contributed by atoms with E-state index in [0.29, 0.717) is 31.6 Å². The lowest BCUT2D eigenvalue weighted by atomic mass is 10.0. The SMILES string of the molecule is O=C(NS(=O)(=O)C1CCCCC1)c1cccc(NC(=O)[C@@H]2CCCO2)c1. The third-order valence-electron chi connectivity index (χ3n) is 4.84. The highest BCUT2D eigenvalue weighted by atomic mass is 32.2. The van der Waals surface area contributed by atoms with Crippen LogP contribution in [0.1, 0.15) is 55.3 Å². The molecule has 1 aliphatic carbocycles. The van der Waals surface area contributed by atoms with E-state index in [1.165, 1.54) is 12.1 Å². The average molecular weight is 380 g/mol. The lowest BCUT2D eigenvalue weighted by molar-refractivity contribution is -0.124. The first kappa shape index (κ1) is 18.8. The highest BCUT2D eigenvalue weighted by Gasteiger charge is 2.29. The summed E-state index contributed by atoms with van der Waals surface area (Å²) >= 11 is 0. The molecule has 1 aromatic carbocycles. The molecule has 1 saturated carbocycles. The second-order valence-electron chi connectivity index (χ2n) is 6.81. The molecule has 2 N–H and O–H groups in total. The highest BCUT2D eigenvalue weighted by Crippen LogP contribution is 2.23. The van der Waals surface area contributed by atoms with E-state index in [4.69, 9.17) is 4.74 Å². The summed E-state index contributed by atoms with van der Waals surface area (Å²) in [5.74, 6) is -0.932. The maximum atomic E-state index is 12.4. The fourth-order valence-electron chi connectivity index (χ4n) is 3.39. The molecule has 1 aliphatic heterocycles. The zero-order chi connectivity index (χ0) is 18.6. The molecule has 0 aromatic heterocycles. The molecule has 2 amide bonds. The Hall–Kier alpha value is -1.93. The third kappa shape index (κ3) is 4.62. The standard InChI is InChI=1S/C18H24N2O5S/c21-17(20-26(23,24)15-8-2-1-3-9-15)13-6-4-7-14(12-13)19-18(22)16-10-5-11-25-16/h4,6-7,12,15-16H,1-3,5,8-11H2,(H,19,22)(H,20,21)/t16-/m0/s1. The van der Waals surface area contributed by atoms with Gasteiger partial charge in [0.1, 0.15) is 6.10 Å². The van der Waals surface area contributed by atoms with Gasteiger partial charge >= 0.3 is 0 Å². The number of anilines is 1. The van der Waals surface area contributed by atoms with Crippen molar-refractivity contribution in [3.63, 3.8) is 0 Å². The smallest absolute Gasteiger partial charge is 0.264 e. The molecule has 1 saturated heterocycles. The second kappa shape index (κ2) is 8.18.